The van der Waals surface area contributed by atoms with Crippen LogP contribution in [0.25, 0.3) is 0 Å². The maximum absolute atomic E-state index is 12.7. The van der Waals surface area contributed by atoms with E-state index < -0.39 is 30.1 Å². The minimum absolute atomic E-state index is 0.243. The Labute approximate surface area is 132 Å². The highest BCUT2D eigenvalue weighted by atomic mass is 19.1. The molecule has 1 N–H and O–H groups in total. The number of carbonyl (C=O) groups is 3. The first-order valence-corrected chi connectivity index (χ1v) is 6.84. The molecule has 5 nitrogen and oxygen atoms in total. The fourth-order valence-electron chi connectivity index (χ4n) is 1.76. The highest BCUT2D eigenvalue weighted by Crippen LogP contribution is 2.04. The van der Waals surface area contributed by atoms with Crippen molar-refractivity contribution in [2.45, 2.75) is 0 Å². The third-order valence-electron chi connectivity index (χ3n) is 2.96. The smallest absolute Gasteiger partial charge is 0.325 e. The van der Waals surface area contributed by atoms with Crippen LogP contribution in [0.15, 0.2) is 54.6 Å². The van der Waals surface area contributed by atoms with Crippen LogP contribution in [0.2, 0.25) is 0 Å². The van der Waals surface area contributed by atoms with Gasteiger partial charge in [0.1, 0.15) is 12.4 Å². The molecule has 0 fully saturated rings. The van der Waals surface area contributed by atoms with Crippen LogP contribution < -0.4 is 5.32 Å². The molecule has 0 spiro atoms. The molecule has 2 rings (SSSR count). The summed E-state index contributed by atoms with van der Waals surface area (Å²) in [6.07, 6.45) is 0. The average Bonchev–Trinajstić information content (AvgIpc) is 2.59. The zero-order valence-electron chi connectivity index (χ0n) is 12.1. The second kappa shape index (κ2) is 7.84. The van der Waals surface area contributed by atoms with Crippen molar-refractivity contribution >= 4 is 17.7 Å². The van der Waals surface area contributed by atoms with Gasteiger partial charge in [-0.3, -0.25) is 14.4 Å². The van der Waals surface area contributed by atoms with Crippen molar-refractivity contribution in [1.82, 2.24) is 5.32 Å². The van der Waals surface area contributed by atoms with Crippen LogP contribution >= 0.6 is 0 Å². The van der Waals surface area contributed by atoms with Crippen LogP contribution in [0.5, 0.6) is 0 Å². The van der Waals surface area contributed by atoms with E-state index in [1.807, 2.05) is 0 Å². The second-order valence-electron chi connectivity index (χ2n) is 4.64. The normalized spacial score (nSPS) is 9.96. The molecule has 0 saturated heterocycles. The lowest BCUT2D eigenvalue weighted by molar-refractivity contribution is -0.141. The summed E-state index contributed by atoms with van der Waals surface area (Å²) in [5.41, 5.74) is 0.662. The first kappa shape index (κ1) is 16.4. The predicted octanol–water partition coefficient (Wildman–Crippen LogP) is 1.98. The Hall–Kier alpha value is -3.02. The fourth-order valence-corrected chi connectivity index (χ4v) is 1.76. The van der Waals surface area contributed by atoms with E-state index in [9.17, 15) is 18.8 Å². The Morgan fingerprint density at radius 2 is 1.57 bits per heavy atom. The molecule has 0 bridgehead atoms. The largest absolute Gasteiger partial charge is 0.456 e. The summed E-state index contributed by atoms with van der Waals surface area (Å²) >= 11 is 0. The van der Waals surface area contributed by atoms with Gasteiger partial charge in [-0.25, -0.2) is 4.39 Å². The monoisotopic (exact) mass is 315 g/mol. The third-order valence-corrected chi connectivity index (χ3v) is 2.96. The zero-order valence-corrected chi connectivity index (χ0v) is 12.1. The number of ketones is 1. The van der Waals surface area contributed by atoms with E-state index in [0.29, 0.717) is 5.56 Å². The topological polar surface area (TPSA) is 72.5 Å². The molecule has 0 atom stereocenters. The molecule has 23 heavy (non-hydrogen) atoms. The highest BCUT2D eigenvalue weighted by molar-refractivity contribution is 5.98. The molecule has 0 radical (unpaired) electrons. The van der Waals surface area contributed by atoms with E-state index >= 15 is 0 Å². The molecule has 1 amide bonds. The molecule has 0 aliphatic rings. The highest BCUT2D eigenvalue weighted by Gasteiger charge is 2.12. The van der Waals surface area contributed by atoms with Gasteiger partial charge in [-0.05, 0) is 36.4 Å². The van der Waals surface area contributed by atoms with Crippen molar-refractivity contribution in [3.05, 3.63) is 71.5 Å². The van der Waals surface area contributed by atoms with Gasteiger partial charge in [0.25, 0.3) is 5.91 Å². The molecule has 0 saturated carbocycles. The quantitative estimate of drug-likeness (QED) is 0.653. The van der Waals surface area contributed by atoms with Gasteiger partial charge in [0.2, 0.25) is 0 Å². The Morgan fingerprint density at radius 3 is 2.22 bits per heavy atom. The fraction of sp³-hybridized carbons (Fsp3) is 0.118. The third kappa shape index (κ3) is 5.03. The lowest BCUT2D eigenvalue weighted by Gasteiger charge is -2.06. The van der Waals surface area contributed by atoms with Crippen LogP contribution in [0.1, 0.15) is 20.7 Å². The van der Waals surface area contributed by atoms with E-state index in [0.717, 1.165) is 12.1 Å². The number of benzene rings is 2. The van der Waals surface area contributed by atoms with E-state index in [1.54, 1.807) is 30.3 Å². The standard InChI is InChI=1S/C17H14FNO4/c18-14-8-6-12(7-9-14)15(20)11-23-16(21)10-19-17(22)13-4-2-1-3-5-13/h1-9H,10-11H2,(H,19,22). The molecular formula is C17H14FNO4. The van der Waals surface area contributed by atoms with Gasteiger partial charge in [-0.1, -0.05) is 18.2 Å². The number of hydrogen-bond donors (Lipinski definition) is 1. The number of rotatable bonds is 6. The first-order valence-electron chi connectivity index (χ1n) is 6.84. The van der Waals surface area contributed by atoms with Crippen molar-refractivity contribution in [2.24, 2.45) is 0 Å². The van der Waals surface area contributed by atoms with Gasteiger partial charge in [0.15, 0.2) is 12.4 Å². The zero-order chi connectivity index (χ0) is 16.7. The summed E-state index contributed by atoms with van der Waals surface area (Å²) in [6.45, 7) is -0.809. The molecule has 0 heterocycles. The van der Waals surface area contributed by atoms with Crippen molar-refractivity contribution in [3.8, 4) is 0 Å². The Kier molecular flexibility index (Phi) is 5.57. The molecule has 6 heteroatoms. The van der Waals surface area contributed by atoms with E-state index in [4.69, 9.17) is 4.74 Å². The number of ether oxygens (including phenoxy) is 1. The van der Waals surface area contributed by atoms with Crippen LogP contribution in [-0.4, -0.2) is 30.8 Å². The molecule has 2 aromatic rings. The van der Waals surface area contributed by atoms with E-state index in [2.05, 4.69) is 5.32 Å². The summed E-state index contributed by atoms with van der Waals surface area (Å²) in [5.74, 6) is -2.05. The summed E-state index contributed by atoms with van der Waals surface area (Å²) in [6, 6.07) is 13.3. The summed E-state index contributed by atoms with van der Waals surface area (Å²) in [5, 5.41) is 2.40. The van der Waals surface area contributed by atoms with Crippen LogP contribution in [0, 0.1) is 5.82 Å². The molecule has 0 aliphatic heterocycles. The van der Waals surface area contributed by atoms with Crippen LogP contribution in [0.4, 0.5) is 4.39 Å². The average molecular weight is 315 g/mol. The molecule has 118 valence electrons. The lowest BCUT2D eigenvalue weighted by atomic mass is 10.1. The minimum Gasteiger partial charge on any atom is -0.456 e. The maximum Gasteiger partial charge on any atom is 0.325 e. The van der Waals surface area contributed by atoms with Gasteiger partial charge >= 0.3 is 5.97 Å². The van der Waals surface area contributed by atoms with Crippen molar-refractivity contribution < 1.29 is 23.5 Å². The first-order chi connectivity index (χ1) is 11.1. The van der Waals surface area contributed by atoms with Crippen LogP contribution in [-0.2, 0) is 9.53 Å². The second-order valence-corrected chi connectivity index (χ2v) is 4.64. The molecule has 0 aliphatic carbocycles. The number of Topliss-reactive ketones (excluding diaryl/α,β-unsaturated/α-hetero) is 1. The molecular weight excluding hydrogens is 301 g/mol. The number of halogens is 1. The molecule has 0 unspecified atom stereocenters. The Balaban J connectivity index is 1.76. The Morgan fingerprint density at radius 1 is 0.913 bits per heavy atom. The van der Waals surface area contributed by atoms with Gasteiger partial charge in [-0.2, -0.15) is 0 Å². The number of carbonyl (C=O) groups excluding carboxylic acids is 3. The van der Waals surface area contributed by atoms with Gasteiger partial charge in [0.05, 0.1) is 0 Å². The van der Waals surface area contributed by atoms with Crippen molar-refractivity contribution in [1.29, 1.82) is 0 Å². The van der Waals surface area contributed by atoms with Gasteiger partial charge in [0, 0.05) is 11.1 Å². The van der Waals surface area contributed by atoms with Gasteiger partial charge in [-0.15, -0.1) is 0 Å². The summed E-state index contributed by atoms with van der Waals surface area (Å²) in [4.78, 5) is 35.0. The van der Waals surface area contributed by atoms with Crippen molar-refractivity contribution in [2.75, 3.05) is 13.2 Å². The predicted molar refractivity (Wildman–Crippen MR) is 80.5 cm³/mol. The van der Waals surface area contributed by atoms with E-state index in [1.165, 1.54) is 12.1 Å². The van der Waals surface area contributed by atoms with Gasteiger partial charge < -0.3 is 10.1 Å². The number of esters is 1. The summed E-state index contributed by atoms with van der Waals surface area (Å²) < 4.78 is 17.5. The SMILES string of the molecule is O=C(CNC(=O)c1ccccc1)OCC(=O)c1ccc(F)cc1. The number of nitrogens with one attached hydrogen (secondary N) is 1. The molecule has 0 aromatic heterocycles. The van der Waals surface area contributed by atoms with Crippen LogP contribution in [0.3, 0.4) is 0 Å². The lowest BCUT2D eigenvalue weighted by Crippen LogP contribution is -2.31. The number of amides is 1. The summed E-state index contributed by atoms with van der Waals surface area (Å²) in [7, 11) is 0. The minimum atomic E-state index is -0.732. The maximum atomic E-state index is 12.7. The Bertz CT molecular complexity index is 698. The van der Waals surface area contributed by atoms with E-state index in [-0.39, 0.29) is 12.1 Å². The number of hydrogen-bond acceptors (Lipinski definition) is 4. The van der Waals surface area contributed by atoms with Crippen molar-refractivity contribution in [3.63, 3.8) is 0 Å². The molecule has 2 aromatic carbocycles.